The van der Waals surface area contributed by atoms with Gasteiger partial charge in [0.05, 0.1) is 13.7 Å². The SMILES string of the molecule is COC(=O)[C@H](CC(C)C)N(CCC(=O)CNC(=O)OC(C)(C)C)C(=O)[C@@H](C)Cc1ccccc1. The number of carbonyl (C=O) groups is 4. The van der Waals surface area contributed by atoms with Gasteiger partial charge in [-0.15, -0.1) is 0 Å². The monoisotopic (exact) mass is 476 g/mol. The van der Waals surface area contributed by atoms with E-state index in [0.717, 1.165) is 5.56 Å². The summed E-state index contributed by atoms with van der Waals surface area (Å²) in [6, 6.07) is 8.85. The van der Waals surface area contributed by atoms with Crippen LogP contribution in [0.3, 0.4) is 0 Å². The third-order valence-corrected chi connectivity index (χ3v) is 5.09. The van der Waals surface area contributed by atoms with Crippen LogP contribution in [-0.2, 0) is 30.3 Å². The molecule has 0 fully saturated rings. The molecular weight excluding hydrogens is 436 g/mol. The topological polar surface area (TPSA) is 102 Å². The Morgan fingerprint density at radius 3 is 2.18 bits per heavy atom. The third-order valence-electron chi connectivity index (χ3n) is 5.09. The highest BCUT2D eigenvalue weighted by atomic mass is 16.6. The minimum absolute atomic E-state index is 0.00875. The standard InChI is InChI=1S/C26H40N2O6/c1-18(2)15-22(24(31)33-7)28(23(30)19(3)16-20-11-9-8-10-12-20)14-13-21(29)17-27-25(32)34-26(4,5)6/h8-12,18-19,22H,13-17H2,1-7H3,(H,27,32)/t19-,22-/m0/s1. The van der Waals surface area contributed by atoms with E-state index in [-0.39, 0.29) is 37.1 Å². The van der Waals surface area contributed by atoms with E-state index < -0.39 is 29.6 Å². The third kappa shape index (κ3) is 10.8. The molecule has 8 nitrogen and oxygen atoms in total. The summed E-state index contributed by atoms with van der Waals surface area (Å²) in [6.45, 7) is 10.8. The Morgan fingerprint density at radius 1 is 1.03 bits per heavy atom. The highest BCUT2D eigenvalue weighted by Gasteiger charge is 2.33. The lowest BCUT2D eigenvalue weighted by molar-refractivity contribution is -0.155. The van der Waals surface area contributed by atoms with Crippen molar-refractivity contribution < 1.29 is 28.7 Å². The molecule has 0 spiro atoms. The second-order valence-electron chi connectivity index (χ2n) is 9.94. The van der Waals surface area contributed by atoms with Gasteiger partial charge in [-0.3, -0.25) is 9.59 Å². The van der Waals surface area contributed by atoms with Crippen molar-refractivity contribution in [3.8, 4) is 0 Å². The molecule has 190 valence electrons. The van der Waals surface area contributed by atoms with E-state index in [1.54, 1.807) is 20.8 Å². The van der Waals surface area contributed by atoms with Crippen LogP contribution in [0.5, 0.6) is 0 Å². The van der Waals surface area contributed by atoms with Gasteiger partial charge in [-0.05, 0) is 45.1 Å². The molecule has 0 saturated carbocycles. The predicted octanol–water partition coefficient (Wildman–Crippen LogP) is 3.77. The van der Waals surface area contributed by atoms with Crippen LogP contribution in [0.25, 0.3) is 0 Å². The first kappa shape index (κ1) is 29.1. The maximum Gasteiger partial charge on any atom is 0.408 e. The van der Waals surface area contributed by atoms with E-state index in [4.69, 9.17) is 9.47 Å². The zero-order valence-corrected chi connectivity index (χ0v) is 21.6. The van der Waals surface area contributed by atoms with E-state index in [0.29, 0.717) is 12.8 Å². The van der Waals surface area contributed by atoms with Crippen molar-refractivity contribution in [1.82, 2.24) is 10.2 Å². The number of ether oxygens (including phenoxy) is 2. The second kappa shape index (κ2) is 13.7. The molecular formula is C26H40N2O6. The van der Waals surface area contributed by atoms with Gasteiger partial charge in [0.15, 0.2) is 5.78 Å². The summed E-state index contributed by atoms with van der Waals surface area (Å²) in [6.07, 6.45) is 0.240. The fraction of sp³-hybridized carbons (Fsp3) is 0.615. The van der Waals surface area contributed by atoms with Crippen molar-refractivity contribution in [3.05, 3.63) is 35.9 Å². The summed E-state index contributed by atoms with van der Waals surface area (Å²) in [4.78, 5) is 51.8. The van der Waals surface area contributed by atoms with Crippen LogP contribution in [0.1, 0.15) is 59.9 Å². The Morgan fingerprint density at radius 2 is 1.65 bits per heavy atom. The van der Waals surface area contributed by atoms with Crippen LogP contribution in [0.15, 0.2) is 30.3 Å². The number of carbonyl (C=O) groups excluding carboxylic acids is 4. The quantitative estimate of drug-likeness (QED) is 0.461. The van der Waals surface area contributed by atoms with Crippen molar-refractivity contribution in [3.63, 3.8) is 0 Å². The minimum Gasteiger partial charge on any atom is -0.467 e. The predicted molar refractivity (Wildman–Crippen MR) is 130 cm³/mol. The lowest BCUT2D eigenvalue weighted by Gasteiger charge is -2.33. The summed E-state index contributed by atoms with van der Waals surface area (Å²) in [5, 5.41) is 2.44. The Balaban J connectivity index is 2.93. The molecule has 34 heavy (non-hydrogen) atoms. The first-order valence-electron chi connectivity index (χ1n) is 11.7. The van der Waals surface area contributed by atoms with Gasteiger partial charge in [0.25, 0.3) is 0 Å². The molecule has 2 amide bonds. The number of rotatable bonds is 12. The molecule has 2 atom stereocenters. The molecule has 1 rings (SSSR count). The van der Waals surface area contributed by atoms with Crippen molar-refractivity contribution in [2.75, 3.05) is 20.2 Å². The zero-order valence-electron chi connectivity index (χ0n) is 21.6. The van der Waals surface area contributed by atoms with Crippen LogP contribution in [0.4, 0.5) is 4.79 Å². The van der Waals surface area contributed by atoms with Crippen molar-refractivity contribution in [2.45, 2.75) is 72.4 Å². The highest BCUT2D eigenvalue weighted by Crippen LogP contribution is 2.19. The number of alkyl carbamates (subject to hydrolysis) is 1. The number of methoxy groups -OCH3 is 1. The summed E-state index contributed by atoms with van der Waals surface area (Å²) >= 11 is 0. The lowest BCUT2D eigenvalue weighted by atomic mass is 9.96. The fourth-order valence-electron chi connectivity index (χ4n) is 3.51. The van der Waals surface area contributed by atoms with Gasteiger partial charge in [-0.1, -0.05) is 51.1 Å². The maximum atomic E-state index is 13.4. The number of benzene rings is 1. The molecule has 0 bridgehead atoms. The average molecular weight is 477 g/mol. The number of amides is 2. The number of esters is 1. The molecule has 0 unspecified atom stereocenters. The van der Waals surface area contributed by atoms with E-state index in [9.17, 15) is 19.2 Å². The van der Waals surface area contributed by atoms with Crippen LogP contribution < -0.4 is 5.32 Å². The van der Waals surface area contributed by atoms with Crippen molar-refractivity contribution in [1.29, 1.82) is 0 Å². The number of hydrogen-bond acceptors (Lipinski definition) is 6. The first-order chi connectivity index (χ1) is 15.8. The van der Waals surface area contributed by atoms with Gasteiger partial charge in [0.2, 0.25) is 5.91 Å². The molecule has 0 aliphatic heterocycles. The van der Waals surface area contributed by atoms with Gasteiger partial charge in [0, 0.05) is 18.9 Å². The fourth-order valence-corrected chi connectivity index (χ4v) is 3.51. The highest BCUT2D eigenvalue weighted by molar-refractivity contribution is 5.87. The normalized spacial score (nSPS) is 13.1. The van der Waals surface area contributed by atoms with Crippen molar-refractivity contribution >= 4 is 23.8 Å². The molecule has 8 heteroatoms. The summed E-state index contributed by atoms with van der Waals surface area (Å²) in [5.74, 6) is -1.25. The van der Waals surface area contributed by atoms with Crippen molar-refractivity contribution in [2.24, 2.45) is 11.8 Å². The largest absolute Gasteiger partial charge is 0.467 e. The molecule has 1 N–H and O–H groups in total. The van der Waals surface area contributed by atoms with Gasteiger partial charge >= 0.3 is 12.1 Å². The van der Waals surface area contributed by atoms with Crippen LogP contribution in [-0.4, -0.2) is 60.5 Å². The average Bonchev–Trinajstić information content (AvgIpc) is 2.75. The van der Waals surface area contributed by atoms with Crippen LogP contribution >= 0.6 is 0 Å². The van der Waals surface area contributed by atoms with Gasteiger partial charge in [0.1, 0.15) is 11.6 Å². The Bertz CT molecular complexity index is 816. The Labute approximate surface area is 203 Å². The van der Waals surface area contributed by atoms with Gasteiger partial charge < -0.3 is 19.7 Å². The molecule has 0 heterocycles. The van der Waals surface area contributed by atoms with Crippen LogP contribution in [0, 0.1) is 11.8 Å². The van der Waals surface area contributed by atoms with Crippen LogP contribution in [0.2, 0.25) is 0 Å². The zero-order chi connectivity index (χ0) is 25.9. The minimum atomic E-state index is -0.790. The smallest absolute Gasteiger partial charge is 0.408 e. The molecule has 0 aliphatic carbocycles. The molecule has 1 aromatic rings. The number of nitrogens with zero attached hydrogens (tertiary/aromatic N) is 1. The van der Waals surface area contributed by atoms with E-state index in [1.165, 1.54) is 12.0 Å². The Hall–Kier alpha value is -2.90. The first-order valence-corrected chi connectivity index (χ1v) is 11.7. The summed E-state index contributed by atoms with van der Waals surface area (Å²) < 4.78 is 10.1. The van der Waals surface area contributed by atoms with E-state index in [1.807, 2.05) is 51.1 Å². The summed E-state index contributed by atoms with van der Waals surface area (Å²) in [5.41, 5.74) is 0.343. The molecule has 0 aromatic heterocycles. The maximum absolute atomic E-state index is 13.4. The molecule has 1 aromatic carbocycles. The van der Waals surface area contributed by atoms with Gasteiger partial charge in [-0.2, -0.15) is 0 Å². The molecule has 0 aliphatic rings. The lowest BCUT2D eigenvalue weighted by Crippen LogP contribution is -2.49. The van der Waals surface area contributed by atoms with E-state index in [2.05, 4.69) is 5.32 Å². The second-order valence-corrected chi connectivity index (χ2v) is 9.94. The molecule has 0 saturated heterocycles. The number of Topliss-reactive ketones (excluding diaryl/α,β-unsaturated/α-hetero) is 1. The number of ketones is 1. The summed E-state index contributed by atoms with van der Waals surface area (Å²) in [7, 11) is 1.29. The van der Waals surface area contributed by atoms with Gasteiger partial charge in [-0.25, -0.2) is 9.59 Å². The molecule has 0 radical (unpaired) electrons. The van der Waals surface area contributed by atoms with E-state index >= 15 is 0 Å². The number of hydrogen-bond donors (Lipinski definition) is 1. The Kier molecular flexibility index (Phi) is 11.8. The number of nitrogens with one attached hydrogen (secondary N) is 1.